The van der Waals surface area contributed by atoms with Crippen LogP contribution in [0.25, 0.3) is 11.3 Å². The van der Waals surface area contributed by atoms with Gasteiger partial charge in [-0.05, 0) is 32.6 Å². The summed E-state index contributed by atoms with van der Waals surface area (Å²) in [6.07, 6.45) is 4.35. The van der Waals surface area contributed by atoms with Crippen LogP contribution in [0.15, 0.2) is 36.5 Å². The van der Waals surface area contributed by atoms with Gasteiger partial charge in [0, 0.05) is 37.0 Å². The molecule has 3 heterocycles. The summed E-state index contributed by atoms with van der Waals surface area (Å²) in [4.78, 5) is 10.9. The van der Waals surface area contributed by atoms with Crippen molar-refractivity contribution in [2.75, 3.05) is 23.7 Å². The lowest BCUT2D eigenvalue weighted by Gasteiger charge is -2.33. The average molecular weight is 363 g/mol. The fraction of sp³-hybridized carbons (Fsp3) is 0.400. The minimum atomic E-state index is 0.339. The van der Waals surface area contributed by atoms with Gasteiger partial charge in [-0.2, -0.15) is 4.98 Å². The second-order valence-electron chi connectivity index (χ2n) is 7.37. The number of hydrogen-bond donors (Lipinski definition) is 1. The van der Waals surface area contributed by atoms with Gasteiger partial charge in [0.1, 0.15) is 11.5 Å². The van der Waals surface area contributed by atoms with E-state index in [0.29, 0.717) is 11.9 Å². The first-order valence-corrected chi connectivity index (χ1v) is 9.40. The van der Waals surface area contributed by atoms with Gasteiger partial charge in [-0.1, -0.05) is 35.0 Å². The van der Waals surface area contributed by atoms with Crippen molar-refractivity contribution in [3.63, 3.8) is 0 Å². The van der Waals surface area contributed by atoms with Gasteiger partial charge >= 0.3 is 0 Å². The van der Waals surface area contributed by atoms with E-state index in [1.165, 1.54) is 12.0 Å². The van der Waals surface area contributed by atoms with Crippen molar-refractivity contribution in [3.8, 4) is 11.3 Å². The normalized spacial score (nSPS) is 17.3. The summed E-state index contributed by atoms with van der Waals surface area (Å²) in [6, 6.07) is 10.4. The molecule has 1 aliphatic heterocycles. The smallest absolute Gasteiger partial charge is 0.222 e. The molecule has 1 aliphatic rings. The Morgan fingerprint density at radius 3 is 2.74 bits per heavy atom. The number of aromatic nitrogens is 5. The maximum atomic E-state index is 5.82. The molecule has 1 atom stereocenters. The molecule has 0 saturated carbocycles. The lowest BCUT2D eigenvalue weighted by Crippen LogP contribution is -2.37. The lowest BCUT2D eigenvalue weighted by atomic mass is 9.98. The van der Waals surface area contributed by atoms with Crippen molar-refractivity contribution in [2.24, 2.45) is 5.92 Å². The zero-order valence-electron chi connectivity index (χ0n) is 15.8. The first-order chi connectivity index (χ1) is 13.1. The molecule has 0 amide bonds. The van der Waals surface area contributed by atoms with E-state index >= 15 is 0 Å². The van der Waals surface area contributed by atoms with Crippen LogP contribution < -0.4 is 10.6 Å². The van der Waals surface area contributed by atoms with E-state index in [-0.39, 0.29) is 0 Å². The molecule has 0 unspecified atom stereocenters. The summed E-state index contributed by atoms with van der Waals surface area (Å²) < 4.78 is 1.96. The molecule has 140 valence electrons. The van der Waals surface area contributed by atoms with E-state index in [1.807, 2.05) is 23.9 Å². The van der Waals surface area contributed by atoms with Crippen LogP contribution in [-0.2, 0) is 6.54 Å². The maximum absolute atomic E-state index is 5.82. The van der Waals surface area contributed by atoms with E-state index in [9.17, 15) is 0 Å². The fourth-order valence-corrected chi connectivity index (χ4v) is 3.67. The molecule has 2 aromatic heterocycles. The zero-order valence-corrected chi connectivity index (χ0v) is 15.8. The predicted molar refractivity (Wildman–Crippen MR) is 106 cm³/mol. The first kappa shape index (κ1) is 17.5. The molecular weight excluding hydrogens is 338 g/mol. The molecule has 0 radical (unpaired) electrons. The molecule has 1 saturated heterocycles. The Bertz CT molecular complexity index is 896. The molecule has 0 bridgehead atoms. The summed E-state index contributed by atoms with van der Waals surface area (Å²) in [5.74, 6) is 1.76. The highest BCUT2D eigenvalue weighted by Gasteiger charge is 2.22. The lowest BCUT2D eigenvalue weighted by molar-refractivity contribution is 0.347. The van der Waals surface area contributed by atoms with Crippen molar-refractivity contribution >= 4 is 11.8 Å². The Labute approximate surface area is 159 Å². The number of hydrogen-bond acceptors (Lipinski definition) is 6. The van der Waals surface area contributed by atoms with Crippen molar-refractivity contribution < 1.29 is 0 Å². The Morgan fingerprint density at radius 2 is 1.96 bits per heavy atom. The van der Waals surface area contributed by atoms with Crippen molar-refractivity contribution in [1.82, 2.24) is 25.0 Å². The number of nitrogens with zero attached hydrogens (tertiary/aromatic N) is 6. The molecule has 3 aromatic rings. The van der Waals surface area contributed by atoms with Crippen LogP contribution >= 0.6 is 0 Å². The van der Waals surface area contributed by atoms with Gasteiger partial charge in [-0.25, -0.2) is 4.98 Å². The molecule has 4 rings (SSSR count). The van der Waals surface area contributed by atoms with E-state index in [4.69, 9.17) is 5.73 Å². The Kier molecular flexibility index (Phi) is 4.75. The molecule has 7 nitrogen and oxygen atoms in total. The minimum absolute atomic E-state index is 0.339. The number of nitrogens with two attached hydrogens (primary N) is 1. The minimum Gasteiger partial charge on any atom is -0.368 e. The van der Waals surface area contributed by atoms with Crippen LogP contribution in [0.1, 0.15) is 24.1 Å². The molecule has 1 fully saturated rings. The molecule has 2 N–H and O–H groups in total. The summed E-state index contributed by atoms with van der Waals surface area (Å²) in [5.41, 5.74) is 9.99. The van der Waals surface area contributed by atoms with Crippen LogP contribution in [0.5, 0.6) is 0 Å². The van der Waals surface area contributed by atoms with Gasteiger partial charge < -0.3 is 10.6 Å². The van der Waals surface area contributed by atoms with Crippen LogP contribution in [0.4, 0.5) is 11.8 Å². The molecule has 0 aliphatic carbocycles. The number of benzene rings is 1. The van der Waals surface area contributed by atoms with E-state index < -0.39 is 0 Å². The topological polar surface area (TPSA) is 85.8 Å². The number of aryl methyl sites for hydroxylation is 2. The van der Waals surface area contributed by atoms with Crippen molar-refractivity contribution in [2.45, 2.75) is 33.2 Å². The van der Waals surface area contributed by atoms with E-state index in [2.05, 4.69) is 56.4 Å². The summed E-state index contributed by atoms with van der Waals surface area (Å²) in [5, 5.41) is 8.68. The molecular formula is C20H25N7. The number of piperidine rings is 1. The second-order valence-corrected chi connectivity index (χ2v) is 7.37. The average Bonchev–Trinajstić information content (AvgIpc) is 3.10. The van der Waals surface area contributed by atoms with E-state index in [1.54, 1.807) is 0 Å². The fourth-order valence-electron chi connectivity index (χ4n) is 3.67. The van der Waals surface area contributed by atoms with Gasteiger partial charge in [-0.3, -0.25) is 4.68 Å². The highest BCUT2D eigenvalue weighted by molar-refractivity contribution is 5.57. The Balaban J connectivity index is 1.44. The largest absolute Gasteiger partial charge is 0.368 e. The Morgan fingerprint density at radius 1 is 1.15 bits per heavy atom. The zero-order chi connectivity index (χ0) is 18.8. The quantitative estimate of drug-likeness (QED) is 0.767. The van der Waals surface area contributed by atoms with Gasteiger partial charge in [0.15, 0.2) is 0 Å². The highest BCUT2D eigenvalue weighted by Crippen LogP contribution is 2.24. The second kappa shape index (κ2) is 7.34. The predicted octanol–water partition coefficient (Wildman–Crippen LogP) is 2.85. The molecule has 7 heteroatoms. The van der Waals surface area contributed by atoms with Crippen LogP contribution in [0.2, 0.25) is 0 Å². The van der Waals surface area contributed by atoms with Crippen LogP contribution in [-0.4, -0.2) is 38.1 Å². The third kappa shape index (κ3) is 4.07. The summed E-state index contributed by atoms with van der Waals surface area (Å²) >= 11 is 0. The number of rotatable bonds is 4. The SMILES string of the molecule is Cc1ccc(-c2cn(C[C@H]3CCCN(c4cc(C)nc(N)n4)C3)nn2)cc1. The number of anilines is 2. The van der Waals surface area contributed by atoms with Gasteiger partial charge in [-0.15, -0.1) is 5.10 Å². The van der Waals surface area contributed by atoms with Crippen LogP contribution in [0, 0.1) is 19.8 Å². The molecule has 1 aromatic carbocycles. The van der Waals surface area contributed by atoms with Gasteiger partial charge in [0.25, 0.3) is 0 Å². The highest BCUT2D eigenvalue weighted by atomic mass is 15.4. The van der Waals surface area contributed by atoms with Crippen molar-refractivity contribution in [1.29, 1.82) is 0 Å². The van der Waals surface area contributed by atoms with Gasteiger partial charge in [0.05, 0.1) is 6.20 Å². The number of nitrogen functional groups attached to an aromatic ring is 1. The van der Waals surface area contributed by atoms with Crippen LogP contribution in [0.3, 0.4) is 0 Å². The molecule has 27 heavy (non-hydrogen) atoms. The third-order valence-electron chi connectivity index (χ3n) is 5.03. The standard InChI is InChI=1S/C20H25N7/c1-14-5-7-17(8-6-14)18-13-27(25-24-18)12-16-4-3-9-26(11-16)19-10-15(2)22-20(21)23-19/h5-8,10,13,16H,3-4,9,11-12H2,1-2H3,(H2,21,22,23)/t16-/m0/s1. The monoisotopic (exact) mass is 363 g/mol. The maximum Gasteiger partial charge on any atom is 0.222 e. The van der Waals surface area contributed by atoms with Crippen molar-refractivity contribution in [3.05, 3.63) is 47.8 Å². The first-order valence-electron chi connectivity index (χ1n) is 9.40. The third-order valence-corrected chi connectivity index (χ3v) is 5.03. The van der Waals surface area contributed by atoms with Gasteiger partial charge in [0.2, 0.25) is 5.95 Å². The summed E-state index contributed by atoms with van der Waals surface area (Å²) in [7, 11) is 0. The Hall–Kier alpha value is -2.96. The summed E-state index contributed by atoms with van der Waals surface area (Å²) in [6.45, 7) is 6.83. The molecule has 0 spiro atoms. The van der Waals surface area contributed by atoms with E-state index in [0.717, 1.165) is 48.8 Å².